The Hall–Kier alpha value is -0.960. The van der Waals surface area contributed by atoms with E-state index in [9.17, 15) is 26.7 Å². The van der Waals surface area contributed by atoms with Crippen LogP contribution in [0.2, 0.25) is 0 Å². The molecule has 0 saturated carbocycles. The van der Waals surface area contributed by atoms with E-state index in [0.717, 1.165) is 0 Å². The number of amides is 1. The molecule has 4 nitrogen and oxygen atoms in total. The second-order valence-corrected chi connectivity index (χ2v) is 3.40. The molecular formula is C7H11F5N2O2. The molecule has 1 atom stereocenters. The Bertz CT molecular complexity index is 264. The summed E-state index contributed by atoms with van der Waals surface area (Å²) in [5.41, 5.74) is 1.41. The SMILES string of the molecule is CC(N)(C(=O)NCC(F)(F)CO)C(F)(F)F. The lowest BCUT2D eigenvalue weighted by Crippen LogP contribution is -2.62. The van der Waals surface area contributed by atoms with Crippen LogP contribution in [-0.2, 0) is 4.79 Å². The van der Waals surface area contributed by atoms with Crippen molar-refractivity contribution >= 4 is 5.91 Å². The van der Waals surface area contributed by atoms with Crippen molar-refractivity contribution in [3.8, 4) is 0 Å². The first-order chi connectivity index (χ1) is 6.94. The van der Waals surface area contributed by atoms with Gasteiger partial charge in [-0.1, -0.05) is 0 Å². The van der Waals surface area contributed by atoms with Crippen LogP contribution in [0.25, 0.3) is 0 Å². The second kappa shape index (κ2) is 4.50. The van der Waals surface area contributed by atoms with Gasteiger partial charge in [-0.05, 0) is 6.92 Å². The van der Waals surface area contributed by atoms with E-state index in [0.29, 0.717) is 6.92 Å². The van der Waals surface area contributed by atoms with Crippen molar-refractivity contribution < 1.29 is 31.9 Å². The third kappa shape index (κ3) is 3.56. The maximum Gasteiger partial charge on any atom is 0.415 e. The van der Waals surface area contributed by atoms with E-state index in [1.54, 1.807) is 0 Å². The number of rotatable bonds is 4. The molecule has 0 saturated heterocycles. The Morgan fingerprint density at radius 2 is 1.75 bits per heavy atom. The highest BCUT2D eigenvalue weighted by Gasteiger charge is 2.54. The van der Waals surface area contributed by atoms with Gasteiger partial charge in [-0.3, -0.25) is 4.79 Å². The Labute approximate surface area is 87.6 Å². The van der Waals surface area contributed by atoms with E-state index < -0.39 is 36.7 Å². The van der Waals surface area contributed by atoms with E-state index >= 15 is 0 Å². The van der Waals surface area contributed by atoms with Gasteiger partial charge in [0.15, 0.2) is 5.54 Å². The van der Waals surface area contributed by atoms with Crippen molar-refractivity contribution in [1.29, 1.82) is 0 Å². The Kier molecular flexibility index (Phi) is 4.23. The Morgan fingerprint density at radius 3 is 2.06 bits per heavy atom. The Balaban J connectivity index is 4.50. The predicted molar refractivity (Wildman–Crippen MR) is 43.7 cm³/mol. The molecule has 0 aliphatic heterocycles. The van der Waals surface area contributed by atoms with E-state index in [1.807, 2.05) is 0 Å². The molecule has 0 heterocycles. The molecule has 0 bridgehead atoms. The van der Waals surface area contributed by atoms with Gasteiger partial charge in [-0.2, -0.15) is 13.2 Å². The predicted octanol–water partition coefficient (Wildman–Crippen LogP) is 0.00990. The van der Waals surface area contributed by atoms with Crippen LogP contribution in [0.5, 0.6) is 0 Å². The summed E-state index contributed by atoms with van der Waals surface area (Å²) >= 11 is 0. The summed E-state index contributed by atoms with van der Waals surface area (Å²) in [7, 11) is 0. The Morgan fingerprint density at radius 1 is 1.31 bits per heavy atom. The third-order valence-electron chi connectivity index (χ3n) is 1.80. The van der Waals surface area contributed by atoms with Crippen LogP contribution in [0.15, 0.2) is 0 Å². The first kappa shape index (κ1) is 15.0. The highest BCUT2D eigenvalue weighted by Crippen LogP contribution is 2.28. The summed E-state index contributed by atoms with van der Waals surface area (Å²) < 4.78 is 61.3. The van der Waals surface area contributed by atoms with Crippen molar-refractivity contribution in [1.82, 2.24) is 5.32 Å². The number of nitrogens with two attached hydrogens (primary N) is 1. The number of halogens is 5. The minimum atomic E-state index is -5.05. The molecule has 0 aromatic rings. The molecule has 0 radical (unpaired) electrons. The van der Waals surface area contributed by atoms with Crippen LogP contribution in [-0.4, -0.2) is 41.8 Å². The molecule has 0 aliphatic carbocycles. The number of alkyl halides is 5. The van der Waals surface area contributed by atoms with Crippen LogP contribution in [0.1, 0.15) is 6.92 Å². The van der Waals surface area contributed by atoms with Crippen LogP contribution in [0.3, 0.4) is 0 Å². The monoisotopic (exact) mass is 250 g/mol. The molecule has 0 fully saturated rings. The van der Waals surface area contributed by atoms with Crippen molar-refractivity contribution in [2.75, 3.05) is 13.2 Å². The molecule has 96 valence electrons. The number of carbonyl (C=O) groups is 1. The lowest BCUT2D eigenvalue weighted by Gasteiger charge is -2.27. The van der Waals surface area contributed by atoms with Crippen molar-refractivity contribution in [2.45, 2.75) is 24.6 Å². The molecule has 16 heavy (non-hydrogen) atoms. The van der Waals surface area contributed by atoms with Crippen molar-refractivity contribution in [3.63, 3.8) is 0 Å². The molecule has 0 aromatic carbocycles. The molecule has 0 spiro atoms. The first-order valence-corrected chi connectivity index (χ1v) is 4.06. The maximum atomic E-state index is 12.4. The molecule has 0 aromatic heterocycles. The molecule has 9 heteroatoms. The molecule has 1 unspecified atom stereocenters. The van der Waals surface area contributed by atoms with Crippen LogP contribution < -0.4 is 11.1 Å². The van der Waals surface area contributed by atoms with E-state index in [4.69, 9.17) is 5.11 Å². The third-order valence-corrected chi connectivity index (χ3v) is 1.80. The summed E-state index contributed by atoms with van der Waals surface area (Å²) in [5, 5.41) is 9.44. The summed E-state index contributed by atoms with van der Waals surface area (Å²) in [4.78, 5) is 10.9. The number of carbonyl (C=O) groups excluding carboxylic acids is 1. The van der Waals surface area contributed by atoms with E-state index in [-0.39, 0.29) is 0 Å². The molecule has 4 N–H and O–H groups in total. The second-order valence-electron chi connectivity index (χ2n) is 3.40. The molecule has 0 rings (SSSR count). The summed E-state index contributed by atoms with van der Waals surface area (Å²) in [6.45, 7) is -2.63. The van der Waals surface area contributed by atoms with Crippen LogP contribution in [0.4, 0.5) is 22.0 Å². The fraction of sp³-hybridized carbons (Fsp3) is 0.857. The highest BCUT2D eigenvalue weighted by atomic mass is 19.4. The number of aliphatic hydroxyl groups is 1. The minimum Gasteiger partial charge on any atom is -0.390 e. The number of hydrogen-bond donors (Lipinski definition) is 3. The first-order valence-electron chi connectivity index (χ1n) is 4.06. The smallest absolute Gasteiger partial charge is 0.390 e. The van der Waals surface area contributed by atoms with Gasteiger partial charge >= 0.3 is 6.18 Å². The van der Waals surface area contributed by atoms with Gasteiger partial charge in [-0.15, -0.1) is 0 Å². The largest absolute Gasteiger partial charge is 0.415 e. The van der Waals surface area contributed by atoms with Gasteiger partial charge in [0.1, 0.15) is 6.61 Å². The van der Waals surface area contributed by atoms with Gasteiger partial charge in [0, 0.05) is 0 Å². The van der Waals surface area contributed by atoms with Gasteiger partial charge in [-0.25, -0.2) is 8.78 Å². The van der Waals surface area contributed by atoms with Crippen LogP contribution >= 0.6 is 0 Å². The zero-order valence-electron chi connectivity index (χ0n) is 8.24. The van der Waals surface area contributed by atoms with Gasteiger partial charge in [0.25, 0.3) is 5.92 Å². The molecular weight excluding hydrogens is 239 g/mol. The lowest BCUT2D eigenvalue weighted by atomic mass is 10.0. The number of hydrogen-bond acceptors (Lipinski definition) is 3. The summed E-state index contributed by atoms with van der Waals surface area (Å²) in [6.07, 6.45) is -5.05. The minimum absolute atomic E-state index is 0.361. The molecule has 0 aliphatic rings. The maximum absolute atomic E-state index is 12.4. The standard InChI is InChI=1S/C7H11F5N2O2/c1-5(13,7(10,11)12)4(16)14-2-6(8,9)3-15/h15H,2-3,13H2,1H3,(H,14,16). The fourth-order valence-electron chi connectivity index (χ4n) is 0.578. The fourth-order valence-corrected chi connectivity index (χ4v) is 0.578. The zero-order chi connectivity index (χ0) is 13.2. The number of nitrogens with one attached hydrogen (secondary N) is 1. The van der Waals surface area contributed by atoms with Gasteiger partial charge in [0.05, 0.1) is 6.54 Å². The van der Waals surface area contributed by atoms with Crippen molar-refractivity contribution in [3.05, 3.63) is 0 Å². The average molecular weight is 250 g/mol. The normalized spacial score (nSPS) is 16.8. The highest BCUT2D eigenvalue weighted by molar-refractivity contribution is 5.86. The molecule has 1 amide bonds. The lowest BCUT2D eigenvalue weighted by molar-refractivity contribution is -0.188. The van der Waals surface area contributed by atoms with E-state index in [2.05, 4.69) is 5.73 Å². The van der Waals surface area contributed by atoms with Gasteiger partial charge < -0.3 is 16.2 Å². The van der Waals surface area contributed by atoms with Gasteiger partial charge in [0.2, 0.25) is 5.91 Å². The summed E-state index contributed by atoms with van der Waals surface area (Å²) in [6, 6.07) is 0. The van der Waals surface area contributed by atoms with Crippen molar-refractivity contribution in [2.24, 2.45) is 5.73 Å². The topological polar surface area (TPSA) is 75.4 Å². The van der Waals surface area contributed by atoms with Crippen LogP contribution in [0, 0.1) is 0 Å². The average Bonchev–Trinajstić information content (AvgIpc) is 2.12. The quantitative estimate of drug-likeness (QED) is 0.615. The zero-order valence-corrected chi connectivity index (χ0v) is 8.24. The summed E-state index contributed by atoms with van der Waals surface area (Å²) in [5.74, 6) is -5.47. The van der Waals surface area contributed by atoms with E-state index in [1.165, 1.54) is 5.32 Å². The number of aliphatic hydroxyl groups excluding tert-OH is 1.